The van der Waals surface area contributed by atoms with E-state index in [2.05, 4.69) is 4.90 Å². The lowest BCUT2D eigenvalue weighted by atomic mass is 10.0. The van der Waals surface area contributed by atoms with Gasteiger partial charge in [-0.15, -0.1) is 0 Å². The van der Waals surface area contributed by atoms with E-state index in [1.807, 2.05) is 18.2 Å². The van der Waals surface area contributed by atoms with Crippen molar-refractivity contribution in [2.45, 2.75) is 25.4 Å². The molecule has 1 aromatic heterocycles. The summed E-state index contributed by atoms with van der Waals surface area (Å²) in [7, 11) is 3.33. The van der Waals surface area contributed by atoms with Crippen LogP contribution >= 0.6 is 0 Å². The van der Waals surface area contributed by atoms with Gasteiger partial charge in [0.05, 0.1) is 14.2 Å². The summed E-state index contributed by atoms with van der Waals surface area (Å²) >= 11 is 0. The number of rotatable bonds is 5. The number of phenolic OH excluding ortho intramolecular Hbond substituents is 1. The summed E-state index contributed by atoms with van der Waals surface area (Å²) in [5.74, 6) is 1.71. The number of phenols is 1. The molecule has 1 aliphatic rings. The molecule has 0 unspecified atom stereocenters. The Morgan fingerprint density at radius 2 is 2.00 bits per heavy atom. The van der Waals surface area contributed by atoms with E-state index in [1.165, 1.54) is 12.1 Å². The number of fused-ring (bicyclic) bond motifs is 1. The smallest absolute Gasteiger partial charge is 0.336 e. The summed E-state index contributed by atoms with van der Waals surface area (Å²) in [6, 6.07) is 12.4. The van der Waals surface area contributed by atoms with Crippen LogP contribution in [0.5, 0.6) is 17.2 Å². The Morgan fingerprint density at radius 3 is 2.79 bits per heavy atom. The predicted octanol–water partition coefficient (Wildman–Crippen LogP) is 3.85. The van der Waals surface area contributed by atoms with Gasteiger partial charge in [0.1, 0.15) is 22.8 Å². The van der Waals surface area contributed by atoms with Crippen molar-refractivity contribution in [3.8, 4) is 17.2 Å². The van der Waals surface area contributed by atoms with Gasteiger partial charge in [0.2, 0.25) is 0 Å². The fourth-order valence-corrected chi connectivity index (χ4v) is 4.04. The third-order valence-corrected chi connectivity index (χ3v) is 5.35. The highest BCUT2D eigenvalue weighted by Gasteiger charge is 2.29. The summed E-state index contributed by atoms with van der Waals surface area (Å²) < 4.78 is 16.2. The van der Waals surface area contributed by atoms with Gasteiger partial charge in [0.15, 0.2) is 0 Å². The molecule has 3 aromatic rings. The second-order valence-electron chi connectivity index (χ2n) is 7.01. The maximum Gasteiger partial charge on any atom is 0.336 e. The molecule has 1 atom stereocenters. The van der Waals surface area contributed by atoms with Gasteiger partial charge in [0, 0.05) is 35.7 Å². The van der Waals surface area contributed by atoms with E-state index in [9.17, 15) is 9.90 Å². The van der Waals surface area contributed by atoms with Crippen LogP contribution in [0.4, 0.5) is 0 Å². The molecule has 2 heterocycles. The van der Waals surface area contributed by atoms with E-state index in [0.29, 0.717) is 12.1 Å². The van der Waals surface area contributed by atoms with Crippen LogP contribution < -0.4 is 15.1 Å². The first-order valence-corrected chi connectivity index (χ1v) is 9.31. The van der Waals surface area contributed by atoms with Crippen molar-refractivity contribution in [2.24, 2.45) is 0 Å². The fourth-order valence-electron chi connectivity index (χ4n) is 4.04. The Kier molecular flexibility index (Phi) is 4.96. The van der Waals surface area contributed by atoms with E-state index in [-0.39, 0.29) is 11.8 Å². The van der Waals surface area contributed by atoms with Crippen molar-refractivity contribution in [3.63, 3.8) is 0 Å². The highest BCUT2D eigenvalue weighted by molar-refractivity contribution is 5.81. The minimum Gasteiger partial charge on any atom is -0.508 e. The van der Waals surface area contributed by atoms with Crippen molar-refractivity contribution in [1.82, 2.24) is 4.90 Å². The fraction of sp³-hybridized carbons (Fsp3) is 0.318. The molecule has 4 rings (SSSR count). The number of aromatic hydroxyl groups is 1. The molecule has 0 radical (unpaired) electrons. The Bertz CT molecular complexity index is 1060. The largest absolute Gasteiger partial charge is 0.508 e. The topological polar surface area (TPSA) is 72.1 Å². The molecule has 1 N–H and O–H groups in total. The van der Waals surface area contributed by atoms with Crippen molar-refractivity contribution in [2.75, 3.05) is 20.8 Å². The second-order valence-corrected chi connectivity index (χ2v) is 7.01. The molecule has 6 nitrogen and oxygen atoms in total. The van der Waals surface area contributed by atoms with Gasteiger partial charge in [-0.2, -0.15) is 0 Å². The molecule has 1 saturated heterocycles. The van der Waals surface area contributed by atoms with E-state index < -0.39 is 5.63 Å². The van der Waals surface area contributed by atoms with E-state index in [1.54, 1.807) is 26.4 Å². The molecule has 1 aliphatic heterocycles. The van der Waals surface area contributed by atoms with E-state index >= 15 is 0 Å². The van der Waals surface area contributed by atoms with Crippen LogP contribution in [0.2, 0.25) is 0 Å². The van der Waals surface area contributed by atoms with Gasteiger partial charge in [-0.25, -0.2) is 4.79 Å². The Morgan fingerprint density at radius 1 is 1.14 bits per heavy atom. The highest BCUT2D eigenvalue weighted by Crippen LogP contribution is 2.40. The lowest BCUT2D eigenvalue weighted by molar-refractivity contribution is 0.243. The average molecular weight is 381 g/mol. The zero-order valence-corrected chi connectivity index (χ0v) is 16.0. The van der Waals surface area contributed by atoms with Crippen molar-refractivity contribution >= 4 is 11.0 Å². The van der Waals surface area contributed by atoms with Gasteiger partial charge in [-0.3, -0.25) is 4.90 Å². The van der Waals surface area contributed by atoms with Crippen LogP contribution in [0, 0.1) is 0 Å². The quantitative estimate of drug-likeness (QED) is 0.677. The van der Waals surface area contributed by atoms with Crippen molar-refractivity contribution in [1.29, 1.82) is 0 Å². The number of hydrogen-bond donors (Lipinski definition) is 1. The standard InChI is InChI=1S/C22H23NO5/c1-26-16-6-8-20(27-2)18(12-16)19-4-3-9-23(19)13-14-10-22(25)28-21-11-15(24)5-7-17(14)21/h5-8,10-12,19,24H,3-4,9,13H2,1-2H3/t19-/m0/s1. The first-order valence-electron chi connectivity index (χ1n) is 9.31. The number of ether oxygens (including phenoxy) is 2. The molecule has 28 heavy (non-hydrogen) atoms. The average Bonchev–Trinajstić information content (AvgIpc) is 3.14. The number of hydrogen-bond acceptors (Lipinski definition) is 6. The molecule has 146 valence electrons. The van der Waals surface area contributed by atoms with Gasteiger partial charge < -0.3 is 19.0 Å². The summed E-state index contributed by atoms with van der Waals surface area (Å²) in [5.41, 5.74) is 1.96. The van der Waals surface area contributed by atoms with Crippen LogP contribution in [0.15, 0.2) is 51.7 Å². The summed E-state index contributed by atoms with van der Waals surface area (Å²) in [5, 5.41) is 10.5. The third kappa shape index (κ3) is 3.43. The maximum atomic E-state index is 12.0. The summed E-state index contributed by atoms with van der Waals surface area (Å²) in [6.07, 6.45) is 2.06. The maximum absolute atomic E-state index is 12.0. The first kappa shape index (κ1) is 18.4. The van der Waals surface area contributed by atoms with Crippen LogP contribution in [0.3, 0.4) is 0 Å². The van der Waals surface area contributed by atoms with Crippen molar-refractivity contribution < 1.29 is 19.0 Å². The van der Waals surface area contributed by atoms with Crippen LogP contribution in [0.1, 0.15) is 30.0 Å². The minimum atomic E-state index is -0.414. The number of likely N-dealkylation sites (tertiary alicyclic amines) is 1. The zero-order chi connectivity index (χ0) is 19.7. The van der Waals surface area contributed by atoms with Crippen molar-refractivity contribution in [3.05, 3.63) is 64.0 Å². The predicted molar refractivity (Wildman–Crippen MR) is 106 cm³/mol. The molecular formula is C22H23NO5. The van der Waals surface area contributed by atoms with Gasteiger partial charge in [-0.1, -0.05) is 0 Å². The first-order chi connectivity index (χ1) is 13.6. The summed E-state index contributed by atoms with van der Waals surface area (Å²) in [6.45, 7) is 1.53. The minimum absolute atomic E-state index is 0.0768. The highest BCUT2D eigenvalue weighted by atomic mass is 16.5. The van der Waals surface area contributed by atoms with Gasteiger partial charge >= 0.3 is 5.63 Å². The zero-order valence-electron chi connectivity index (χ0n) is 16.0. The Labute approximate surface area is 162 Å². The molecule has 0 saturated carbocycles. The van der Waals surface area contributed by atoms with Gasteiger partial charge in [-0.05, 0) is 55.3 Å². The lowest BCUT2D eigenvalue weighted by Gasteiger charge is -2.27. The molecule has 1 fully saturated rings. The SMILES string of the molecule is COc1ccc(OC)c([C@@H]2CCCN2Cc2cc(=O)oc3cc(O)ccc23)c1. The van der Waals surface area contributed by atoms with E-state index in [0.717, 1.165) is 47.4 Å². The van der Waals surface area contributed by atoms with Crippen LogP contribution in [-0.2, 0) is 6.54 Å². The molecular weight excluding hydrogens is 358 g/mol. The Balaban J connectivity index is 1.71. The molecule has 2 aromatic carbocycles. The monoisotopic (exact) mass is 381 g/mol. The summed E-state index contributed by atoms with van der Waals surface area (Å²) in [4.78, 5) is 14.4. The van der Waals surface area contributed by atoms with Crippen LogP contribution in [0.25, 0.3) is 11.0 Å². The number of nitrogens with zero attached hydrogens (tertiary/aromatic N) is 1. The second kappa shape index (κ2) is 7.56. The number of methoxy groups -OCH3 is 2. The van der Waals surface area contributed by atoms with Crippen LogP contribution in [-0.4, -0.2) is 30.8 Å². The third-order valence-electron chi connectivity index (χ3n) is 5.35. The molecule has 0 bridgehead atoms. The molecule has 6 heteroatoms. The lowest BCUT2D eigenvalue weighted by Crippen LogP contribution is -2.24. The normalized spacial score (nSPS) is 17.1. The molecule has 0 spiro atoms. The number of benzene rings is 2. The molecule has 0 amide bonds. The van der Waals surface area contributed by atoms with Gasteiger partial charge in [0.25, 0.3) is 0 Å². The van der Waals surface area contributed by atoms with E-state index in [4.69, 9.17) is 13.9 Å². The Hall–Kier alpha value is -2.99. The molecule has 0 aliphatic carbocycles.